The number of hydrogen-bond acceptors (Lipinski definition) is 7. The summed E-state index contributed by atoms with van der Waals surface area (Å²) in [7, 11) is 5.89. The first-order chi connectivity index (χ1) is 18.4. The average molecular weight is 512 g/mol. The van der Waals surface area contributed by atoms with E-state index in [4.69, 9.17) is 9.72 Å². The van der Waals surface area contributed by atoms with Gasteiger partial charge < -0.3 is 19.2 Å². The third-order valence-corrected chi connectivity index (χ3v) is 6.54. The standard InChI is InChI=1S/C27H26FN9O/c1-15-30-14-22(37(15)4)17-11-21-24(34-35-25(21)31-13-17)27-32-23-20(5-6-29-26(23)33-27)16-9-18(28)12-19(10-16)38-8-7-36(2)3/h5-6,9-14H,7-8H2,1-4H3,(H,29,32,33)(H,31,34,35). The number of aromatic nitrogens is 8. The Bertz CT molecular complexity index is 1780. The van der Waals surface area contributed by atoms with Gasteiger partial charge in [0.1, 0.15) is 29.7 Å². The van der Waals surface area contributed by atoms with Crippen molar-refractivity contribution < 1.29 is 9.13 Å². The second-order valence-electron chi connectivity index (χ2n) is 9.41. The molecule has 0 saturated carbocycles. The van der Waals surface area contributed by atoms with Crippen LogP contribution in [0.15, 0.2) is 48.9 Å². The molecule has 2 N–H and O–H groups in total. The van der Waals surface area contributed by atoms with E-state index < -0.39 is 0 Å². The Labute approximate surface area is 217 Å². The molecule has 0 spiro atoms. The van der Waals surface area contributed by atoms with Gasteiger partial charge in [0.05, 0.1) is 22.8 Å². The molecule has 11 heteroatoms. The monoisotopic (exact) mass is 511 g/mol. The fraction of sp³-hybridized carbons (Fsp3) is 0.222. The lowest BCUT2D eigenvalue weighted by molar-refractivity contribution is 0.260. The van der Waals surface area contributed by atoms with E-state index in [1.54, 1.807) is 12.4 Å². The number of hydrogen-bond donors (Lipinski definition) is 2. The highest BCUT2D eigenvalue weighted by Crippen LogP contribution is 2.33. The number of aryl methyl sites for hydroxylation is 1. The van der Waals surface area contributed by atoms with Crippen molar-refractivity contribution in [3.8, 4) is 39.7 Å². The molecule has 0 bridgehead atoms. The summed E-state index contributed by atoms with van der Waals surface area (Å²) in [6, 6.07) is 8.54. The molecular weight excluding hydrogens is 485 g/mol. The summed E-state index contributed by atoms with van der Waals surface area (Å²) >= 11 is 0. The van der Waals surface area contributed by atoms with Gasteiger partial charge in [-0.25, -0.2) is 24.3 Å². The van der Waals surface area contributed by atoms with E-state index in [-0.39, 0.29) is 5.82 Å². The van der Waals surface area contributed by atoms with E-state index in [1.807, 2.05) is 61.9 Å². The summed E-state index contributed by atoms with van der Waals surface area (Å²) in [5.41, 5.74) is 5.74. The number of imidazole rings is 2. The molecule has 5 aromatic heterocycles. The van der Waals surface area contributed by atoms with E-state index >= 15 is 0 Å². The Hall–Kier alpha value is -4.64. The Morgan fingerprint density at radius 2 is 1.89 bits per heavy atom. The van der Waals surface area contributed by atoms with E-state index in [9.17, 15) is 4.39 Å². The number of rotatable bonds is 7. The first kappa shape index (κ1) is 23.7. The maximum Gasteiger partial charge on any atom is 0.181 e. The first-order valence-corrected chi connectivity index (χ1v) is 12.1. The van der Waals surface area contributed by atoms with Crippen LogP contribution in [0.4, 0.5) is 4.39 Å². The van der Waals surface area contributed by atoms with Crippen LogP contribution in [0, 0.1) is 12.7 Å². The fourth-order valence-electron chi connectivity index (χ4n) is 4.41. The van der Waals surface area contributed by atoms with Gasteiger partial charge in [-0.1, -0.05) is 0 Å². The quantitative estimate of drug-likeness (QED) is 0.328. The van der Waals surface area contributed by atoms with Crippen LogP contribution in [-0.4, -0.2) is 71.8 Å². The van der Waals surface area contributed by atoms with Crippen molar-refractivity contribution in [1.29, 1.82) is 0 Å². The maximum absolute atomic E-state index is 14.6. The molecule has 5 heterocycles. The summed E-state index contributed by atoms with van der Waals surface area (Å²) < 4.78 is 22.4. The Kier molecular flexibility index (Phi) is 5.84. The molecule has 38 heavy (non-hydrogen) atoms. The van der Waals surface area contributed by atoms with E-state index in [0.29, 0.717) is 46.2 Å². The summed E-state index contributed by atoms with van der Waals surface area (Å²) in [5, 5.41) is 8.23. The molecule has 10 nitrogen and oxygen atoms in total. The third-order valence-electron chi connectivity index (χ3n) is 6.54. The highest BCUT2D eigenvalue weighted by Gasteiger charge is 2.18. The zero-order valence-corrected chi connectivity index (χ0v) is 21.4. The predicted octanol–water partition coefficient (Wildman–Crippen LogP) is 4.35. The van der Waals surface area contributed by atoms with Crippen molar-refractivity contribution in [3.63, 3.8) is 0 Å². The topological polar surface area (TPSA) is 113 Å². The molecule has 6 aromatic rings. The minimum Gasteiger partial charge on any atom is -0.492 e. The van der Waals surface area contributed by atoms with Gasteiger partial charge in [-0.05, 0) is 50.8 Å². The SMILES string of the molecule is Cc1ncc(-c2cnc3n[nH]c(-c4nc5nccc(-c6cc(F)cc(OCCN(C)C)c6)c5[nH]4)c3c2)n1C. The molecule has 0 aliphatic rings. The van der Waals surface area contributed by atoms with Crippen molar-refractivity contribution in [1.82, 2.24) is 44.6 Å². The Morgan fingerprint density at radius 3 is 2.68 bits per heavy atom. The predicted molar refractivity (Wildman–Crippen MR) is 143 cm³/mol. The van der Waals surface area contributed by atoms with Crippen LogP contribution in [0.25, 0.3) is 56.1 Å². The third kappa shape index (κ3) is 4.26. The molecule has 0 saturated heterocycles. The minimum atomic E-state index is -0.379. The van der Waals surface area contributed by atoms with Crippen molar-refractivity contribution in [2.24, 2.45) is 7.05 Å². The van der Waals surface area contributed by atoms with Crippen LogP contribution in [0.1, 0.15) is 5.82 Å². The van der Waals surface area contributed by atoms with Crippen molar-refractivity contribution >= 4 is 22.2 Å². The lowest BCUT2D eigenvalue weighted by Gasteiger charge is -2.12. The molecule has 0 amide bonds. The van der Waals surface area contributed by atoms with Crippen molar-refractivity contribution in [3.05, 3.63) is 60.6 Å². The molecule has 0 radical (unpaired) electrons. The van der Waals surface area contributed by atoms with Crippen LogP contribution in [0.5, 0.6) is 5.75 Å². The van der Waals surface area contributed by atoms with Crippen LogP contribution >= 0.6 is 0 Å². The van der Waals surface area contributed by atoms with Gasteiger partial charge >= 0.3 is 0 Å². The van der Waals surface area contributed by atoms with E-state index in [2.05, 4.69) is 30.1 Å². The maximum atomic E-state index is 14.6. The highest BCUT2D eigenvalue weighted by molar-refractivity contribution is 5.96. The molecule has 0 atom stereocenters. The first-order valence-electron chi connectivity index (χ1n) is 12.1. The summed E-state index contributed by atoms with van der Waals surface area (Å²) in [6.45, 7) is 3.14. The van der Waals surface area contributed by atoms with Crippen LogP contribution in [0.3, 0.4) is 0 Å². The molecule has 0 aliphatic heterocycles. The van der Waals surface area contributed by atoms with Gasteiger partial charge in [0, 0.05) is 43.2 Å². The lowest BCUT2D eigenvalue weighted by atomic mass is 10.1. The minimum absolute atomic E-state index is 0.379. The van der Waals surface area contributed by atoms with Crippen LogP contribution in [0.2, 0.25) is 0 Å². The second-order valence-corrected chi connectivity index (χ2v) is 9.41. The number of benzene rings is 1. The number of likely N-dealkylation sites (N-methyl/N-ethyl adjacent to an activating group) is 1. The second kappa shape index (κ2) is 9.34. The Balaban J connectivity index is 1.41. The fourth-order valence-corrected chi connectivity index (χ4v) is 4.41. The van der Waals surface area contributed by atoms with Crippen LogP contribution in [-0.2, 0) is 7.05 Å². The molecule has 1 aromatic carbocycles. The number of ether oxygens (including phenoxy) is 1. The smallest absolute Gasteiger partial charge is 0.181 e. The normalized spacial score (nSPS) is 11.7. The zero-order valence-electron chi connectivity index (χ0n) is 21.4. The summed E-state index contributed by atoms with van der Waals surface area (Å²) in [6.07, 6.45) is 5.27. The summed E-state index contributed by atoms with van der Waals surface area (Å²) in [4.78, 5) is 23.4. The molecule has 192 valence electrons. The van der Waals surface area contributed by atoms with Crippen LogP contribution < -0.4 is 4.74 Å². The number of halogens is 1. The van der Waals surface area contributed by atoms with Crippen molar-refractivity contribution in [2.75, 3.05) is 27.2 Å². The molecular formula is C27H26FN9O. The van der Waals surface area contributed by atoms with Gasteiger partial charge in [-0.3, -0.25) is 5.10 Å². The number of aromatic amines is 2. The average Bonchev–Trinajstić information content (AvgIpc) is 3.59. The number of fused-ring (bicyclic) bond motifs is 2. The zero-order chi connectivity index (χ0) is 26.4. The van der Waals surface area contributed by atoms with E-state index in [1.165, 1.54) is 12.1 Å². The molecule has 6 rings (SSSR count). The van der Waals surface area contributed by atoms with Gasteiger partial charge in [-0.2, -0.15) is 5.10 Å². The number of nitrogens with one attached hydrogen (secondary N) is 2. The summed E-state index contributed by atoms with van der Waals surface area (Å²) in [5.74, 6) is 1.55. The van der Waals surface area contributed by atoms with E-state index in [0.717, 1.165) is 34.6 Å². The molecule has 0 aliphatic carbocycles. The Morgan fingerprint density at radius 1 is 1.03 bits per heavy atom. The lowest BCUT2D eigenvalue weighted by Crippen LogP contribution is -2.19. The highest BCUT2D eigenvalue weighted by atomic mass is 19.1. The number of H-pyrrole nitrogens is 2. The van der Waals surface area contributed by atoms with Gasteiger partial charge in [0.25, 0.3) is 0 Å². The van der Waals surface area contributed by atoms with Gasteiger partial charge in [0.2, 0.25) is 0 Å². The largest absolute Gasteiger partial charge is 0.492 e. The molecule has 0 fully saturated rings. The number of nitrogens with zero attached hydrogens (tertiary/aromatic N) is 7. The van der Waals surface area contributed by atoms with Gasteiger partial charge in [-0.15, -0.1) is 0 Å². The van der Waals surface area contributed by atoms with Gasteiger partial charge in [0.15, 0.2) is 17.1 Å². The number of pyridine rings is 2. The van der Waals surface area contributed by atoms with Crippen molar-refractivity contribution in [2.45, 2.75) is 6.92 Å². The molecule has 0 unspecified atom stereocenters.